The first-order valence-corrected chi connectivity index (χ1v) is 9.86. The van der Waals surface area contributed by atoms with Crippen LogP contribution < -0.4 is 10.2 Å². The lowest BCUT2D eigenvalue weighted by Gasteiger charge is -2.22. The summed E-state index contributed by atoms with van der Waals surface area (Å²) >= 11 is 0. The zero-order chi connectivity index (χ0) is 20.6. The van der Waals surface area contributed by atoms with Gasteiger partial charge in [-0.25, -0.2) is 0 Å². The molecule has 0 aromatic heterocycles. The highest BCUT2D eigenvalue weighted by Crippen LogP contribution is 2.32. The second-order valence-electron chi connectivity index (χ2n) is 8.97. The van der Waals surface area contributed by atoms with Crippen LogP contribution in [-0.4, -0.2) is 18.4 Å². The van der Waals surface area contributed by atoms with Gasteiger partial charge in [0, 0.05) is 24.3 Å². The fraction of sp³-hybridized carbons (Fsp3) is 0.417. The molecule has 2 aromatic rings. The van der Waals surface area contributed by atoms with Gasteiger partial charge >= 0.3 is 0 Å². The van der Waals surface area contributed by atoms with E-state index in [1.807, 2.05) is 38.1 Å². The summed E-state index contributed by atoms with van der Waals surface area (Å²) in [5, 5.41) is 2.98. The minimum Gasteiger partial charge on any atom is -0.326 e. The van der Waals surface area contributed by atoms with E-state index in [0.717, 1.165) is 22.5 Å². The number of benzene rings is 2. The number of carbonyl (C=O) groups is 2. The van der Waals surface area contributed by atoms with Gasteiger partial charge in [0.15, 0.2) is 0 Å². The maximum Gasteiger partial charge on any atom is 0.229 e. The van der Waals surface area contributed by atoms with Crippen LogP contribution in [0.4, 0.5) is 11.4 Å². The van der Waals surface area contributed by atoms with Gasteiger partial charge in [0.25, 0.3) is 0 Å². The third kappa shape index (κ3) is 4.11. The number of aryl methyl sites for hydroxylation is 3. The van der Waals surface area contributed by atoms with Crippen LogP contribution in [-0.2, 0) is 15.0 Å². The summed E-state index contributed by atoms with van der Waals surface area (Å²) < 4.78 is 0. The Morgan fingerprint density at radius 1 is 1.04 bits per heavy atom. The molecule has 0 spiro atoms. The third-order valence-corrected chi connectivity index (χ3v) is 5.42. The smallest absolute Gasteiger partial charge is 0.229 e. The molecule has 2 amide bonds. The highest BCUT2D eigenvalue weighted by Gasteiger charge is 2.36. The van der Waals surface area contributed by atoms with Crippen LogP contribution in [0.15, 0.2) is 36.4 Å². The van der Waals surface area contributed by atoms with Crippen molar-refractivity contribution < 1.29 is 9.59 Å². The molecule has 1 heterocycles. The Bertz CT molecular complexity index is 884. The standard InChI is InChI=1S/C24H30N2O2/c1-15-11-16(2)22(17(3)12-15)26-14-18(13-21(26)27)23(28)25-20-9-7-19(8-10-20)24(4,5)6/h7-12,18H,13-14H2,1-6H3,(H,25,28). The lowest BCUT2D eigenvalue weighted by molar-refractivity contribution is -0.122. The van der Waals surface area contributed by atoms with Crippen molar-refractivity contribution in [2.45, 2.75) is 53.4 Å². The third-order valence-electron chi connectivity index (χ3n) is 5.42. The summed E-state index contributed by atoms with van der Waals surface area (Å²) in [5.74, 6) is -0.421. The van der Waals surface area contributed by atoms with Crippen LogP contribution in [0.1, 0.15) is 49.4 Å². The van der Waals surface area contributed by atoms with Gasteiger partial charge in [-0.3, -0.25) is 9.59 Å². The summed E-state index contributed by atoms with van der Waals surface area (Å²) in [6, 6.07) is 12.1. The van der Waals surface area contributed by atoms with Crippen molar-refractivity contribution >= 4 is 23.2 Å². The molecule has 3 rings (SSSR count). The molecular formula is C24H30N2O2. The van der Waals surface area contributed by atoms with Crippen molar-refractivity contribution in [2.24, 2.45) is 5.92 Å². The molecule has 0 aliphatic carbocycles. The summed E-state index contributed by atoms with van der Waals surface area (Å²) in [6.07, 6.45) is 0.249. The van der Waals surface area contributed by atoms with E-state index in [9.17, 15) is 9.59 Å². The maximum absolute atomic E-state index is 12.8. The summed E-state index contributed by atoms with van der Waals surface area (Å²) in [6.45, 7) is 13.0. The molecule has 0 bridgehead atoms. The van der Waals surface area contributed by atoms with Crippen molar-refractivity contribution in [2.75, 3.05) is 16.8 Å². The Hall–Kier alpha value is -2.62. The van der Waals surface area contributed by atoms with Gasteiger partial charge in [-0.15, -0.1) is 0 Å². The highest BCUT2D eigenvalue weighted by molar-refractivity contribution is 6.04. The van der Waals surface area contributed by atoms with Crippen molar-refractivity contribution in [3.8, 4) is 0 Å². The predicted octanol–water partition coefficient (Wildman–Crippen LogP) is 4.90. The van der Waals surface area contributed by atoms with Gasteiger partial charge in [-0.1, -0.05) is 50.6 Å². The molecular weight excluding hydrogens is 348 g/mol. The van der Waals surface area contributed by atoms with Crippen LogP contribution in [0, 0.1) is 26.7 Å². The number of nitrogens with zero attached hydrogens (tertiary/aromatic N) is 1. The first kappa shape index (κ1) is 20.1. The second-order valence-corrected chi connectivity index (χ2v) is 8.97. The zero-order valence-electron chi connectivity index (χ0n) is 17.7. The molecule has 148 valence electrons. The fourth-order valence-electron chi connectivity index (χ4n) is 4.00. The lowest BCUT2D eigenvalue weighted by atomic mass is 9.87. The quantitative estimate of drug-likeness (QED) is 0.826. The minimum atomic E-state index is -0.338. The Balaban J connectivity index is 1.72. The Morgan fingerprint density at radius 2 is 1.61 bits per heavy atom. The number of rotatable bonds is 3. The minimum absolute atomic E-state index is 0.0123. The number of hydrogen-bond acceptors (Lipinski definition) is 2. The zero-order valence-corrected chi connectivity index (χ0v) is 17.7. The number of carbonyl (C=O) groups excluding carboxylic acids is 2. The number of amides is 2. The Kier molecular flexibility index (Phi) is 5.33. The summed E-state index contributed by atoms with van der Waals surface area (Å²) in [7, 11) is 0. The van der Waals surface area contributed by atoms with E-state index in [0.29, 0.717) is 6.54 Å². The molecule has 1 unspecified atom stereocenters. The average molecular weight is 379 g/mol. The number of hydrogen-bond donors (Lipinski definition) is 1. The normalized spacial score (nSPS) is 17.1. The molecule has 1 N–H and O–H groups in total. The summed E-state index contributed by atoms with van der Waals surface area (Å²) in [4.78, 5) is 27.2. The first-order chi connectivity index (χ1) is 13.1. The first-order valence-electron chi connectivity index (χ1n) is 9.86. The highest BCUT2D eigenvalue weighted by atomic mass is 16.2. The van der Waals surface area contributed by atoms with Crippen LogP contribution >= 0.6 is 0 Å². The van der Waals surface area contributed by atoms with Crippen LogP contribution in [0.25, 0.3) is 0 Å². The molecule has 0 saturated carbocycles. The lowest BCUT2D eigenvalue weighted by Crippen LogP contribution is -2.29. The predicted molar refractivity (Wildman–Crippen MR) is 115 cm³/mol. The Labute approximate surface area is 167 Å². The molecule has 4 heteroatoms. The van der Waals surface area contributed by atoms with Crippen LogP contribution in [0.2, 0.25) is 0 Å². The van der Waals surface area contributed by atoms with Crippen molar-refractivity contribution in [3.05, 3.63) is 58.7 Å². The SMILES string of the molecule is Cc1cc(C)c(N2CC(C(=O)Nc3ccc(C(C)(C)C)cc3)CC2=O)c(C)c1. The van der Waals surface area contributed by atoms with Gasteiger partial charge in [0.05, 0.1) is 5.92 Å². The van der Waals surface area contributed by atoms with Gasteiger partial charge in [-0.2, -0.15) is 0 Å². The Morgan fingerprint density at radius 3 is 2.14 bits per heavy atom. The van der Waals surface area contributed by atoms with E-state index in [4.69, 9.17) is 0 Å². The van der Waals surface area contributed by atoms with Crippen molar-refractivity contribution in [1.82, 2.24) is 0 Å². The summed E-state index contributed by atoms with van der Waals surface area (Å²) in [5.41, 5.74) is 6.34. The van der Waals surface area contributed by atoms with E-state index in [-0.39, 0.29) is 29.6 Å². The maximum atomic E-state index is 12.8. The topological polar surface area (TPSA) is 49.4 Å². The van der Waals surface area contributed by atoms with Gasteiger partial charge in [-0.05, 0) is 55.0 Å². The van der Waals surface area contributed by atoms with Crippen LogP contribution in [0.3, 0.4) is 0 Å². The van der Waals surface area contributed by atoms with E-state index >= 15 is 0 Å². The van der Waals surface area contributed by atoms with E-state index in [1.165, 1.54) is 11.1 Å². The average Bonchev–Trinajstić information content (AvgIpc) is 2.95. The number of nitrogens with one attached hydrogen (secondary N) is 1. The van der Waals surface area contributed by atoms with Crippen molar-refractivity contribution in [1.29, 1.82) is 0 Å². The van der Waals surface area contributed by atoms with E-state index in [1.54, 1.807) is 4.90 Å². The molecule has 0 radical (unpaired) electrons. The molecule has 1 fully saturated rings. The monoisotopic (exact) mass is 378 g/mol. The largest absolute Gasteiger partial charge is 0.326 e. The van der Waals surface area contributed by atoms with Gasteiger partial charge in [0.2, 0.25) is 11.8 Å². The molecule has 1 aliphatic rings. The molecule has 1 atom stereocenters. The molecule has 4 nitrogen and oxygen atoms in total. The van der Waals surface area contributed by atoms with Gasteiger partial charge in [0.1, 0.15) is 0 Å². The second kappa shape index (κ2) is 7.42. The van der Waals surface area contributed by atoms with Gasteiger partial charge < -0.3 is 10.2 Å². The molecule has 1 aliphatic heterocycles. The van der Waals surface area contributed by atoms with E-state index < -0.39 is 0 Å². The van der Waals surface area contributed by atoms with Crippen LogP contribution in [0.5, 0.6) is 0 Å². The molecule has 28 heavy (non-hydrogen) atoms. The fourth-order valence-corrected chi connectivity index (χ4v) is 4.00. The molecule has 2 aromatic carbocycles. The van der Waals surface area contributed by atoms with Crippen molar-refractivity contribution in [3.63, 3.8) is 0 Å². The molecule has 1 saturated heterocycles. The van der Waals surface area contributed by atoms with E-state index in [2.05, 4.69) is 45.1 Å². The number of anilines is 2.